The van der Waals surface area contributed by atoms with E-state index in [1.54, 1.807) is 0 Å². The van der Waals surface area contributed by atoms with Gasteiger partial charge in [-0.2, -0.15) is 0 Å². The lowest BCUT2D eigenvalue weighted by Gasteiger charge is -2.11. The minimum atomic E-state index is 0.800. The summed E-state index contributed by atoms with van der Waals surface area (Å²) in [7, 11) is 0. The van der Waals surface area contributed by atoms with Gasteiger partial charge in [0.2, 0.25) is 0 Å². The number of hydrogen-bond acceptors (Lipinski definition) is 1. The lowest BCUT2D eigenvalue weighted by atomic mass is 10.1. The normalized spacial score (nSPS) is 11.3. The van der Waals surface area contributed by atoms with Crippen LogP contribution in [-0.4, -0.2) is 9.55 Å². The maximum absolute atomic E-state index is 4.93. The summed E-state index contributed by atoms with van der Waals surface area (Å²) in [5, 5.41) is 2.55. The molecule has 2 nitrogen and oxygen atoms in total. The van der Waals surface area contributed by atoms with E-state index in [0.717, 1.165) is 23.4 Å². The number of imidazole rings is 1. The predicted molar refractivity (Wildman–Crippen MR) is 113 cm³/mol. The fraction of sp³-hybridized carbons (Fsp3) is 0.0800. The van der Waals surface area contributed by atoms with Gasteiger partial charge in [-0.1, -0.05) is 78.4 Å². The first-order valence-corrected chi connectivity index (χ1v) is 9.28. The molecule has 1 heterocycles. The molecule has 0 bridgehead atoms. The summed E-state index contributed by atoms with van der Waals surface area (Å²) in [6.45, 7) is 2.91. The first-order chi connectivity index (χ1) is 13.3. The van der Waals surface area contributed by atoms with Gasteiger partial charge in [-0.15, -0.1) is 0 Å². The molecule has 0 saturated carbocycles. The minimum absolute atomic E-state index is 0.800. The summed E-state index contributed by atoms with van der Waals surface area (Å²) in [5.41, 5.74) is 5.90. The zero-order chi connectivity index (χ0) is 18.2. The van der Waals surface area contributed by atoms with Crippen LogP contribution in [0, 0.1) is 6.92 Å². The summed E-state index contributed by atoms with van der Waals surface area (Å²) >= 11 is 0. The van der Waals surface area contributed by atoms with Crippen molar-refractivity contribution in [2.24, 2.45) is 0 Å². The van der Waals surface area contributed by atoms with E-state index in [9.17, 15) is 0 Å². The van der Waals surface area contributed by atoms with E-state index in [0.29, 0.717) is 0 Å². The molecule has 0 saturated heterocycles. The average molecular weight is 348 g/mol. The largest absolute Gasteiger partial charge is 0.319 e. The molecule has 0 atom stereocenters. The van der Waals surface area contributed by atoms with Crippen molar-refractivity contribution in [3.8, 4) is 11.4 Å². The highest BCUT2D eigenvalue weighted by Gasteiger charge is 2.13. The minimum Gasteiger partial charge on any atom is -0.319 e. The highest BCUT2D eigenvalue weighted by atomic mass is 15.1. The Morgan fingerprint density at radius 3 is 2.33 bits per heavy atom. The summed E-state index contributed by atoms with van der Waals surface area (Å²) in [4.78, 5) is 4.93. The first kappa shape index (κ1) is 15.8. The number of nitrogens with zero attached hydrogens (tertiary/aromatic N) is 2. The van der Waals surface area contributed by atoms with Crippen LogP contribution in [0.1, 0.15) is 11.1 Å². The summed E-state index contributed by atoms with van der Waals surface area (Å²) < 4.78 is 2.32. The molecule has 0 aliphatic heterocycles. The van der Waals surface area contributed by atoms with Crippen molar-refractivity contribution >= 4 is 21.8 Å². The third-order valence-corrected chi connectivity index (χ3v) is 5.12. The van der Waals surface area contributed by atoms with Crippen LogP contribution in [0.15, 0.2) is 91.0 Å². The van der Waals surface area contributed by atoms with E-state index >= 15 is 0 Å². The molecule has 0 radical (unpaired) electrons. The van der Waals surface area contributed by atoms with Crippen molar-refractivity contribution in [3.63, 3.8) is 0 Å². The van der Waals surface area contributed by atoms with Gasteiger partial charge in [0.25, 0.3) is 0 Å². The zero-order valence-corrected chi connectivity index (χ0v) is 15.3. The van der Waals surface area contributed by atoms with Crippen molar-refractivity contribution in [3.05, 3.63) is 102 Å². The molecule has 0 aliphatic carbocycles. The van der Waals surface area contributed by atoms with Gasteiger partial charge in [0.05, 0.1) is 11.0 Å². The van der Waals surface area contributed by atoms with Crippen LogP contribution in [0.25, 0.3) is 33.2 Å². The molecule has 0 fully saturated rings. The maximum atomic E-state index is 4.93. The van der Waals surface area contributed by atoms with Gasteiger partial charge < -0.3 is 4.57 Å². The van der Waals surface area contributed by atoms with Gasteiger partial charge in [-0.3, -0.25) is 0 Å². The molecule has 4 aromatic carbocycles. The molecular weight excluding hydrogens is 328 g/mol. The second-order valence-electron chi connectivity index (χ2n) is 7.06. The van der Waals surface area contributed by atoms with Crippen molar-refractivity contribution < 1.29 is 0 Å². The van der Waals surface area contributed by atoms with Crippen molar-refractivity contribution in [1.29, 1.82) is 0 Å². The van der Waals surface area contributed by atoms with Gasteiger partial charge in [-0.05, 0) is 41.5 Å². The lowest BCUT2D eigenvalue weighted by Crippen LogP contribution is -2.02. The van der Waals surface area contributed by atoms with Gasteiger partial charge in [0.15, 0.2) is 0 Å². The van der Waals surface area contributed by atoms with Crippen molar-refractivity contribution in [2.75, 3.05) is 0 Å². The van der Waals surface area contributed by atoms with Crippen LogP contribution < -0.4 is 0 Å². The number of rotatable bonds is 3. The highest BCUT2D eigenvalue weighted by Crippen LogP contribution is 2.27. The van der Waals surface area contributed by atoms with Crippen LogP contribution >= 0.6 is 0 Å². The smallest absolute Gasteiger partial charge is 0.141 e. The summed E-state index contributed by atoms with van der Waals surface area (Å²) in [5.74, 6) is 1.02. The van der Waals surface area contributed by atoms with Gasteiger partial charge in [-0.25, -0.2) is 4.98 Å². The number of aromatic nitrogens is 2. The molecule has 0 N–H and O–H groups in total. The van der Waals surface area contributed by atoms with Gasteiger partial charge in [0.1, 0.15) is 5.82 Å². The van der Waals surface area contributed by atoms with Gasteiger partial charge >= 0.3 is 0 Å². The molecule has 1 aromatic heterocycles. The Labute approximate surface area is 158 Å². The van der Waals surface area contributed by atoms with Crippen LogP contribution in [0.3, 0.4) is 0 Å². The molecule has 130 valence electrons. The number of aryl methyl sites for hydroxylation is 1. The van der Waals surface area contributed by atoms with Crippen LogP contribution in [0.5, 0.6) is 0 Å². The molecule has 0 unspecified atom stereocenters. The molecule has 0 amide bonds. The monoisotopic (exact) mass is 348 g/mol. The molecule has 5 rings (SSSR count). The van der Waals surface area contributed by atoms with Crippen LogP contribution in [-0.2, 0) is 6.54 Å². The SMILES string of the molecule is Cc1ccc(-c2nc3ccccc3n2Cc2ccc3ccccc3c2)cc1. The molecule has 2 heteroatoms. The summed E-state index contributed by atoms with van der Waals surface area (Å²) in [6, 6.07) is 32.2. The van der Waals surface area contributed by atoms with E-state index in [-0.39, 0.29) is 0 Å². The standard InChI is InChI=1S/C25H20N2/c1-18-10-13-21(14-11-18)25-26-23-8-4-5-9-24(23)27(25)17-19-12-15-20-6-2-3-7-22(20)16-19/h2-16H,17H2,1H3. The van der Waals surface area contributed by atoms with E-state index in [1.807, 2.05) is 0 Å². The molecule has 0 spiro atoms. The van der Waals surface area contributed by atoms with Crippen molar-refractivity contribution in [2.45, 2.75) is 13.5 Å². The van der Waals surface area contributed by atoms with Crippen LogP contribution in [0.2, 0.25) is 0 Å². The Balaban J connectivity index is 1.66. The van der Waals surface area contributed by atoms with Crippen molar-refractivity contribution in [1.82, 2.24) is 9.55 Å². The van der Waals surface area contributed by atoms with E-state index in [2.05, 4.69) is 102 Å². The molecule has 27 heavy (non-hydrogen) atoms. The number of para-hydroxylation sites is 2. The van der Waals surface area contributed by atoms with E-state index in [4.69, 9.17) is 4.98 Å². The van der Waals surface area contributed by atoms with E-state index < -0.39 is 0 Å². The van der Waals surface area contributed by atoms with Gasteiger partial charge in [0, 0.05) is 12.1 Å². The lowest BCUT2D eigenvalue weighted by molar-refractivity contribution is 0.835. The molecular formula is C25H20N2. The molecule has 5 aromatic rings. The highest BCUT2D eigenvalue weighted by molar-refractivity contribution is 5.84. The second kappa shape index (κ2) is 6.40. The third-order valence-electron chi connectivity index (χ3n) is 5.12. The number of fused-ring (bicyclic) bond motifs is 2. The van der Waals surface area contributed by atoms with E-state index in [1.165, 1.54) is 27.4 Å². The summed E-state index contributed by atoms with van der Waals surface area (Å²) in [6.07, 6.45) is 0. The fourth-order valence-electron chi connectivity index (χ4n) is 3.68. The average Bonchev–Trinajstić information content (AvgIpc) is 3.07. The topological polar surface area (TPSA) is 17.8 Å². The Hall–Kier alpha value is -3.39. The maximum Gasteiger partial charge on any atom is 0.141 e. The quantitative estimate of drug-likeness (QED) is 0.379. The molecule has 0 aliphatic rings. The fourth-order valence-corrected chi connectivity index (χ4v) is 3.68. The Bertz CT molecular complexity index is 1250. The van der Waals surface area contributed by atoms with Crippen LogP contribution in [0.4, 0.5) is 0 Å². The Morgan fingerprint density at radius 1 is 0.741 bits per heavy atom. The number of benzene rings is 4. The second-order valence-corrected chi connectivity index (χ2v) is 7.06. The Morgan fingerprint density at radius 2 is 1.48 bits per heavy atom. The predicted octanol–water partition coefficient (Wildman–Crippen LogP) is 6.21. The first-order valence-electron chi connectivity index (χ1n) is 9.28. The third kappa shape index (κ3) is 2.89. The number of hydrogen-bond donors (Lipinski definition) is 0. The zero-order valence-electron chi connectivity index (χ0n) is 15.3. The Kier molecular flexibility index (Phi) is 3.75.